The summed E-state index contributed by atoms with van der Waals surface area (Å²) in [5.74, 6) is 0. The average Bonchev–Trinajstić information content (AvgIpc) is 2.29. The maximum Gasteiger partial charge on any atom is 0.0462 e. The van der Waals surface area contributed by atoms with E-state index in [1.807, 2.05) is 0 Å². The molecular weight excluding hydrogens is 266 g/mol. The molecule has 1 atom stereocenters. The van der Waals surface area contributed by atoms with Crippen LogP contribution in [0.15, 0.2) is 28.7 Å². The molecular formula is C13H20BrNO. The van der Waals surface area contributed by atoms with E-state index in [-0.39, 0.29) is 0 Å². The summed E-state index contributed by atoms with van der Waals surface area (Å²) in [5.41, 5.74) is 1.35. The number of nitrogens with one attached hydrogen (secondary N) is 1. The molecule has 0 radical (unpaired) electrons. The Morgan fingerprint density at radius 2 is 2.00 bits per heavy atom. The van der Waals surface area contributed by atoms with Crippen LogP contribution in [0.2, 0.25) is 0 Å². The molecule has 0 aliphatic rings. The predicted molar refractivity (Wildman–Crippen MR) is 71.7 cm³/mol. The molecule has 0 saturated heterocycles. The van der Waals surface area contributed by atoms with Crippen LogP contribution in [0.3, 0.4) is 0 Å². The number of ether oxygens (including phenoxy) is 1. The zero-order chi connectivity index (χ0) is 11.8. The molecule has 0 heterocycles. The maximum atomic E-state index is 5.09. The van der Waals surface area contributed by atoms with Crippen molar-refractivity contribution in [1.29, 1.82) is 0 Å². The Morgan fingerprint density at radius 1 is 1.31 bits per heavy atom. The Balaban J connectivity index is 2.57. The highest BCUT2D eigenvalue weighted by atomic mass is 79.9. The second kappa shape index (κ2) is 7.82. The van der Waals surface area contributed by atoms with Crippen LogP contribution in [0, 0.1) is 0 Å². The van der Waals surface area contributed by atoms with Gasteiger partial charge >= 0.3 is 0 Å². The first-order valence-electron chi connectivity index (χ1n) is 5.75. The molecule has 0 aliphatic heterocycles. The summed E-state index contributed by atoms with van der Waals surface area (Å²) in [6.45, 7) is 3.97. The molecule has 0 amide bonds. The predicted octanol–water partition coefficient (Wildman–Crippen LogP) is 3.53. The topological polar surface area (TPSA) is 21.3 Å². The summed E-state index contributed by atoms with van der Waals surface area (Å²) in [7, 11) is 1.75. The molecule has 0 aliphatic carbocycles. The number of benzene rings is 1. The zero-order valence-corrected chi connectivity index (χ0v) is 11.6. The highest BCUT2D eigenvalue weighted by Crippen LogP contribution is 2.20. The zero-order valence-electron chi connectivity index (χ0n) is 10.0. The average molecular weight is 286 g/mol. The minimum Gasteiger partial charge on any atom is -0.385 e. The lowest BCUT2D eigenvalue weighted by molar-refractivity contribution is 0.189. The summed E-state index contributed by atoms with van der Waals surface area (Å²) < 4.78 is 6.22. The van der Waals surface area contributed by atoms with Gasteiger partial charge in [0.2, 0.25) is 0 Å². The van der Waals surface area contributed by atoms with Gasteiger partial charge in [0.25, 0.3) is 0 Å². The molecule has 1 N–H and O–H groups in total. The lowest BCUT2D eigenvalue weighted by Gasteiger charge is -2.18. The molecule has 1 rings (SSSR count). The van der Waals surface area contributed by atoms with Crippen LogP contribution in [0.5, 0.6) is 0 Å². The van der Waals surface area contributed by atoms with Gasteiger partial charge in [-0.1, -0.05) is 35.0 Å². The first kappa shape index (κ1) is 13.7. The number of methoxy groups -OCH3 is 1. The summed E-state index contributed by atoms with van der Waals surface area (Å²) in [6.07, 6.45) is 2.20. The minimum atomic E-state index is 0.438. The Bertz CT molecular complexity index is 286. The minimum absolute atomic E-state index is 0.438. The summed E-state index contributed by atoms with van der Waals surface area (Å²) >= 11 is 3.46. The Hall–Kier alpha value is -0.380. The lowest BCUT2D eigenvalue weighted by Crippen LogP contribution is -2.21. The lowest BCUT2D eigenvalue weighted by atomic mass is 10.0. The fraction of sp³-hybridized carbons (Fsp3) is 0.538. The monoisotopic (exact) mass is 285 g/mol. The van der Waals surface area contributed by atoms with E-state index in [1.165, 1.54) is 5.56 Å². The van der Waals surface area contributed by atoms with E-state index >= 15 is 0 Å². The van der Waals surface area contributed by atoms with Crippen molar-refractivity contribution in [3.63, 3.8) is 0 Å². The molecule has 0 saturated carbocycles. The standard InChI is InChI=1S/C13H20BrNO/c1-3-15-13(5-4-10-16-2)11-6-8-12(14)9-7-11/h6-9,13,15H,3-5,10H2,1-2H3. The van der Waals surface area contributed by atoms with Gasteiger partial charge in [0.1, 0.15) is 0 Å². The van der Waals surface area contributed by atoms with E-state index in [9.17, 15) is 0 Å². The Kier molecular flexibility index (Phi) is 6.69. The van der Waals surface area contributed by atoms with E-state index in [4.69, 9.17) is 4.74 Å². The van der Waals surface area contributed by atoms with Crippen LogP contribution in [0.25, 0.3) is 0 Å². The van der Waals surface area contributed by atoms with Crippen molar-refractivity contribution < 1.29 is 4.74 Å². The third-order valence-electron chi connectivity index (χ3n) is 2.56. The van der Waals surface area contributed by atoms with Crippen molar-refractivity contribution in [2.45, 2.75) is 25.8 Å². The molecule has 16 heavy (non-hydrogen) atoms. The van der Waals surface area contributed by atoms with E-state index in [1.54, 1.807) is 7.11 Å². The summed E-state index contributed by atoms with van der Waals surface area (Å²) in [5, 5.41) is 3.51. The molecule has 0 spiro atoms. The van der Waals surface area contributed by atoms with Gasteiger partial charge in [0.05, 0.1) is 0 Å². The molecule has 90 valence electrons. The number of hydrogen-bond donors (Lipinski definition) is 1. The molecule has 2 nitrogen and oxygen atoms in total. The normalized spacial score (nSPS) is 12.7. The Labute approximate surface area is 107 Å². The van der Waals surface area contributed by atoms with Crippen molar-refractivity contribution in [1.82, 2.24) is 5.32 Å². The van der Waals surface area contributed by atoms with E-state index < -0.39 is 0 Å². The van der Waals surface area contributed by atoms with Gasteiger partial charge in [-0.25, -0.2) is 0 Å². The van der Waals surface area contributed by atoms with Gasteiger partial charge in [-0.05, 0) is 37.1 Å². The summed E-state index contributed by atoms with van der Waals surface area (Å²) in [6, 6.07) is 8.97. The van der Waals surface area contributed by atoms with Crippen molar-refractivity contribution in [2.75, 3.05) is 20.3 Å². The van der Waals surface area contributed by atoms with Crippen LogP contribution in [-0.2, 0) is 4.74 Å². The fourth-order valence-electron chi connectivity index (χ4n) is 1.76. The van der Waals surface area contributed by atoms with E-state index in [2.05, 4.69) is 52.4 Å². The maximum absolute atomic E-state index is 5.09. The van der Waals surface area contributed by atoms with Crippen molar-refractivity contribution >= 4 is 15.9 Å². The first-order valence-corrected chi connectivity index (χ1v) is 6.55. The second-order valence-electron chi connectivity index (χ2n) is 3.80. The van der Waals surface area contributed by atoms with Crippen molar-refractivity contribution in [3.8, 4) is 0 Å². The largest absolute Gasteiger partial charge is 0.385 e. The van der Waals surface area contributed by atoms with Crippen LogP contribution in [0.4, 0.5) is 0 Å². The van der Waals surface area contributed by atoms with Gasteiger partial charge in [-0.3, -0.25) is 0 Å². The number of rotatable bonds is 7. The molecule has 1 aromatic carbocycles. The van der Waals surface area contributed by atoms with E-state index in [0.29, 0.717) is 6.04 Å². The molecule has 0 aromatic heterocycles. The highest BCUT2D eigenvalue weighted by Gasteiger charge is 2.09. The third-order valence-corrected chi connectivity index (χ3v) is 3.09. The van der Waals surface area contributed by atoms with Crippen LogP contribution in [0.1, 0.15) is 31.4 Å². The van der Waals surface area contributed by atoms with Crippen LogP contribution < -0.4 is 5.32 Å². The molecule has 1 unspecified atom stereocenters. The van der Waals surface area contributed by atoms with Crippen LogP contribution >= 0.6 is 15.9 Å². The SMILES string of the molecule is CCNC(CCCOC)c1ccc(Br)cc1. The molecule has 1 aromatic rings. The smallest absolute Gasteiger partial charge is 0.0462 e. The number of hydrogen-bond acceptors (Lipinski definition) is 2. The first-order chi connectivity index (χ1) is 7.77. The number of halogens is 1. The van der Waals surface area contributed by atoms with Gasteiger partial charge in [-0.2, -0.15) is 0 Å². The van der Waals surface area contributed by atoms with Crippen molar-refractivity contribution in [3.05, 3.63) is 34.3 Å². The van der Waals surface area contributed by atoms with Gasteiger partial charge < -0.3 is 10.1 Å². The molecule has 0 bridgehead atoms. The van der Waals surface area contributed by atoms with Gasteiger partial charge in [-0.15, -0.1) is 0 Å². The molecule has 0 fully saturated rings. The summed E-state index contributed by atoms with van der Waals surface area (Å²) in [4.78, 5) is 0. The van der Waals surface area contributed by atoms with Crippen LogP contribution in [-0.4, -0.2) is 20.3 Å². The second-order valence-corrected chi connectivity index (χ2v) is 4.71. The fourth-order valence-corrected chi connectivity index (χ4v) is 2.02. The van der Waals surface area contributed by atoms with Crippen molar-refractivity contribution in [2.24, 2.45) is 0 Å². The third kappa shape index (κ3) is 4.64. The quantitative estimate of drug-likeness (QED) is 0.774. The molecule has 3 heteroatoms. The van der Waals surface area contributed by atoms with E-state index in [0.717, 1.165) is 30.5 Å². The Morgan fingerprint density at radius 3 is 2.56 bits per heavy atom. The van der Waals surface area contributed by atoms with Gasteiger partial charge in [0, 0.05) is 24.2 Å². The highest BCUT2D eigenvalue weighted by molar-refractivity contribution is 9.10. The van der Waals surface area contributed by atoms with Gasteiger partial charge in [0.15, 0.2) is 0 Å².